The fourth-order valence-electron chi connectivity index (χ4n) is 6.92. The summed E-state index contributed by atoms with van der Waals surface area (Å²) in [5.74, 6) is 2.38. The van der Waals surface area contributed by atoms with Crippen molar-refractivity contribution in [2.45, 2.75) is 32.0 Å². The third kappa shape index (κ3) is 8.25. The first-order chi connectivity index (χ1) is 25.1. The van der Waals surface area contributed by atoms with Gasteiger partial charge in [0.15, 0.2) is 11.5 Å². The molecule has 4 heterocycles. The van der Waals surface area contributed by atoms with Gasteiger partial charge in [0.1, 0.15) is 5.82 Å². The second-order valence-corrected chi connectivity index (χ2v) is 13.5. The molecular formula is C39H41F3N6O4. The molecule has 52 heavy (non-hydrogen) atoms. The van der Waals surface area contributed by atoms with E-state index in [9.17, 15) is 22.8 Å². The number of halogens is 3. The number of alkyl halides is 3. The molecule has 0 spiro atoms. The maximum atomic E-state index is 13.2. The third-order valence-corrected chi connectivity index (χ3v) is 10.1. The molecule has 7 rings (SSSR count). The van der Waals surface area contributed by atoms with E-state index in [2.05, 4.69) is 38.3 Å². The molecule has 0 saturated carbocycles. The van der Waals surface area contributed by atoms with Crippen LogP contribution < -0.4 is 24.6 Å². The zero-order chi connectivity index (χ0) is 36.2. The Kier molecular flexibility index (Phi) is 10.2. The van der Waals surface area contributed by atoms with Crippen molar-refractivity contribution in [3.05, 3.63) is 102 Å². The Labute approximate surface area is 300 Å². The lowest BCUT2D eigenvalue weighted by atomic mass is 9.92. The van der Waals surface area contributed by atoms with Gasteiger partial charge < -0.3 is 29.5 Å². The number of anilines is 4. The number of piperidine rings is 1. The third-order valence-electron chi connectivity index (χ3n) is 10.1. The maximum absolute atomic E-state index is 13.2. The van der Waals surface area contributed by atoms with Gasteiger partial charge in [-0.1, -0.05) is 6.07 Å². The number of aromatic nitrogens is 1. The predicted molar refractivity (Wildman–Crippen MR) is 192 cm³/mol. The Morgan fingerprint density at radius 3 is 2.25 bits per heavy atom. The van der Waals surface area contributed by atoms with Gasteiger partial charge in [0.05, 0.1) is 17.4 Å². The molecule has 0 aliphatic carbocycles. The SMILES string of the molecule is CN(c1ccc(N2CCC(CC(=O)N3CCN(Cc4ccc5c(c4)OCO5)CC3)CC2)cc1)c1ccc(NC(=O)c2ccc(C(F)(F)F)cc2)cn1. The number of amides is 2. The molecule has 1 N–H and O–H groups in total. The van der Waals surface area contributed by atoms with Gasteiger partial charge in [-0.05, 0) is 97.1 Å². The molecule has 3 aliphatic heterocycles. The van der Waals surface area contributed by atoms with Gasteiger partial charge in [-0.25, -0.2) is 4.98 Å². The van der Waals surface area contributed by atoms with Crippen molar-refractivity contribution in [2.75, 3.05) is 68.2 Å². The van der Waals surface area contributed by atoms with Crippen LogP contribution in [0.5, 0.6) is 11.5 Å². The normalized spacial score (nSPS) is 16.5. The van der Waals surface area contributed by atoms with Crippen LogP contribution in [0, 0.1) is 5.92 Å². The number of hydrogen-bond acceptors (Lipinski definition) is 8. The Morgan fingerprint density at radius 1 is 0.865 bits per heavy atom. The summed E-state index contributed by atoms with van der Waals surface area (Å²) in [6.07, 6.45) is -0.395. The quantitative estimate of drug-likeness (QED) is 0.203. The number of ether oxygens (including phenoxy) is 2. The maximum Gasteiger partial charge on any atom is 0.416 e. The topological polar surface area (TPSA) is 90.5 Å². The fraction of sp³-hybridized carbons (Fsp3) is 0.359. The molecule has 3 aromatic carbocycles. The van der Waals surface area contributed by atoms with Crippen LogP contribution >= 0.6 is 0 Å². The van der Waals surface area contributed by atoms with Gasteiger partial charge in [-0.3, -0.25) is 14.5 Å². The predicted octanol–water partition coefficient (Wildman–Crippen LogP) is 6.80. The molecular weight excluding hydrogens is 673 g/mol. The van der Waals surface area contributed by atoms with E-state index < -0.39 is 17.6 Å². The number of piperazine rings is 1. The average molecular weight is 715 g/mol. The van der Waals surface area contributed by atoms with Crippen molar-refractivity contribution >= 4 is 34.7 Å². The van der Waals surface area contributed by atoms with Gasteiger partial charge >= 0.3 is 6.18 Å². The molecule has 3 aliphatic rings. The number of nitrogens with zero attached hydrogens (tertiary/aromatic N) is 5. The molecule has 1 aromatic heterocycles. The molecule has 4 aromatic rings. The van der Waals surface area contributed by atoms with E-state index in [1.54, 1.807) is 12.1 Å². The van der Waals surface area contributed by atoms with Crippen LogP contribution in [-0.4, -0.2) is 79.7 Å². The second-order valence-electron chi connectivity index (χ2n) is 13.5. The van der Waals surface area contributed by atoms with Crippen LogP contribution in [0.3, 0.4) is 0 Å². The molecule has 2 amide bonds. The van der Waals surface area contributed by atoms with Crippen molar-refractivity contribution < 1.29 is 32.2 Å². The summed E-state index contributed by atoms with van der Waals surface area (Å²) in [7, 11) is 1.90. The zero-order valence-electron chi connectivity index (χ0n) is 28.9. The first-order valence-corrected chi connectivity index (χ1v) is 17.5. The molecule has 10 nitrogen and oxygen atoms in total. The van der Waals surface area contributed by atoms with Crippen LogP contribution in [0.2, 0.25) is 0 Å². The number of carbonyl (C=O) groups is 2. The summed E-state index contributed by atoms with van der Waals surface area (Å²) >= 11 is 0. The number of fused-ring (bicyclic) bond motifs is 1. The Bertz CT molecular complexity index is 1860. The minimum absolute atomic E-state index is 0.118. The smallest absolute Gasteiger partial charge is 0.416 e. The standard InChI is InChI=1S/C39H41F3N6O4/c1-45(36-13-7-31(24-43-36)44-38(50)29-3-5-30(6-4-29)39(40,41)42)32-8-10-33(11-9-32)47-16-14-27(15-17-47)23-37(49)48-20-18-46(19-21-48)25-28-2-12-34-35(22-28)52-26-51-34/h2-13,22,24,27H,14-21,23,25-26H2,1H3,(H,44,50). The highest BCUT2D eigenvalue weighted by Crippen LogP contribution is 2.34. The van der Waals surface area contributed by atoms with Crippen LogP contribution in [-0.2, 0) is 17.5 Å². The molecule has 272 valence electrons. The van der Waals surface area contributed by atoms with Gasteiger partial charge in [-0.2, -0.15) is 13.2 Å². The van der Waals surface area contributed by atoms with Gasteiger partial charge in [0, 0.05) is 76.2 Å². The largest absolute Gasteiger partial charge is 0.454 e. The van der Waals surface area contributed by atoms with Crippen molar-refractivity contribution in [1.29, 1.82) is 0 Å². The van der Waals surface area contributed by atoms with Gasteiger partial charge in [0.25, 0.3) is 5.91 Å². The minimum Gasteiger partial charge on any atom is -0.454 e. The second kappa shape index (κ2) is 15.1. The van der Waals surface area contributed by atoms with E-state index >= 15 is 0 Å². The molecule has 13 heteroatoms. The highest BCUT2D eigenvalue weighted by atomic mass is 19.4. The molecule has 0 atom stereocenters. The molecule has 2 fully saturated rings. The average Bonchev–Trinajstić information content (AvgIpc) is 3.63. The first kappa shape index (κ1) is 35.1. The van der Waals surface area contributed by atoms with Gasteiger partial charge in [-0.15, -0.1) is 0 Å². The van der Waals surface area contributed by atoms with Crippen LogP contribution in [0.1, 0.15) is 40.7 Å². The molecule has 0 bridgehead atoms. The number of hydrogen-bond donors (Lipinski definition) is 1. The fourth-order valence-corrected chi connectivity index (χ4v) is 6.92. The summed E-state index contributed by atoms with van der Waals surface area (Å²) in [5.41, 5.74) is 3.00. The van der Waals surface area contributed by atoms with E-state index in [0.717, 1.165) is 106 Å². The number of carbonyl (C=O) groups excluding carboxylic acids is 2. The number of benzene rings is 3. The van der Waals surface area contributed by atoms with Crippen molar-refractivity contribution in [1.82, 2.24) is 14.8 Å². The Hall–Kier alpha value is -5.30. The minimum atomic E-state index is -4.46. The molecule has 0 unspecified atom stereocenters. The summed E-state index contributed by atoms with van der Waals surface area (Å²) in [5, 5.41) is 2.68. The molecule has 2 saturated heterocycles. The summed E-state index contributed by atoms with van der Waals surface area (Å²) < 4.78 is 49.4. The van der Waals surface area contributed by atoms with Crippen LogP contribution in [0.25, 0.3) is 0 Å². The van der Waals surface area contributed by atoms with Crippen molar-refractivity contribution in [3.63, 3.8) is 0 Å². The van der Waals surface area contributed by atoms with Crippen LogP contribution in [0.4, 0.5) is 36.1 Å². The lowest BCUT2D eigenvalue weighted by Crippen LogP contribution is -2.48. The first-order valence-electron chi connectivity index (χ1n) is 17.5. The summed E-state index contributed by atoms with van der Waals surface area (Å²) in [4.78, 5) is 38.9. The Balaban J connectivity index is 0.837. The number of rotatable bonds is 9. The van der Waals surface area contributed by atoms with E-state index in [1.807, 2.05) is 41.1 Å². The van der Waals surface area contributed by atoms with Gasteiger partial charge in [0.2, 0.25) is 12.7 Å². The molecule has 0 radical (unpaired) electrons. The lowest BCUT2D eigenvalue weighted by Gasteiger charge is -2.37. The van der Waals surface area contributed by atoms with Crippen molar-refractivity contribution in [3.8, 4) is 11.5 Å². The van der Waals surface area contributed by atoms with E-state index in [4.69, 9.17) is 9.47 Å². The van der Waals surface area contributed by atoms with E-state index in [1.165, 1.54) is 11.8 Å². The van der Waals surface area contributed by atoms with E-state index in [-0.39, 0.29) is 18.3 Å². The van der Waals surface area contributed by atoms with Crippen molar-refractivity contribution in [2.24, 2.45) is 5.92 Å². The highest BCUT2D eigenvalue weighted by Gasteiger charge is 2.30. The van der Waals surface area contributed by atoms with E-state index in [0.29, 0.717) is 23.8 Å². The number of pyridine rings is 1. The highest BCUT2D eigenvalue weighted by molar-refractivity contribution is 6.04. The lowest BCUT2D eigenvalue weighted by molar-refractivity contribution is -0.137. The monoisotopic (exact) mass is 714 g/mol. The Morgan fingerprint density at radius 2 is 1.58 bits per heavy atom. The number of nitrogens with one attached hydrogen (secondary N) is 1. The zero-order valence-corrected chi connectivity index (χ0v) is 28.9. The van der Waals surface area contributed by atoms with Crippen LogP contribution in [0.15, 0.2) is 85.1 Å². The summed E-state index contributed by atoms with van der Waals surface area (Å²) in [6, 6.07) is 21.9. The summed E-state index contributed by atoms with van der Waals surface area (Å²) in [6.45, 7) is 6.14.